The van der Waals surface area contributed by atoms with Crippen molar-refractivity contribution in [1.29, 1.82) is 0 Å². The molecule has 0 saturated carbocycles. The van der Waals surface area contributed by atoms with Crippen LogP contribution in [-0.2, 0) is 9.59 Å². The molecule has 1 aromatic carbocycles. The van der Waals surface area contributed by atoms with Crippen molar-refractivity contribution in [1.82, 2.24) is 9.97 Å². The minimum Gasteiger partial charge on any atom is -0.331 e. The number of hydrogen-bond donors (Lipinski definition) is 3. The van der Waals surface area contributed by atoms with E-state index in [0.717, 1.165) is 11.3 Å². The van der Waals surface area contributed by atoms with Gasteiger partial charge in [0.25, 0.3) is 0 Å². The number of nitrogens with one attached hydrogen (secondary N) is 3. The number of halogens is 1. The summed E-state index contributed by atoms with van der Waals surface area (Å²) in [6.07, 6.45) is 3.76. The highest BCUT2D eigenvalue weighted by Crippen LogP contribution is 2.09. The van der Waals surface area contributed by atoms with Crippen molar-refractivity contribution in [3.8, 4) is 0 Å². The fraction of sp³-hybridized carbons (Fsp3) is 0.154. The first-order chi connectivity index (χ1) is 9.65. The molecule has 0 saturated heterocycles. The second kappa shape index (κ2) is 8.71. The molecule has 1 aromatic heterocycles. The standard InChI is InChI=1S/C9H10ClNO.C4H5N3O/c1-7-3-2-4-8(5-7)11-9(12)6-10;8-3-7-4-5-1-2-6-4/h2-5H,6H2,1H3,(H,11,12);1-3H,(H2,5,6,7,8). The molecule has 0 aliphatic carbocycles. The molecule has 1 heterocycles. The van der Waals surface area contributed by atoms with Crippen molar-refractivity contribution in [3.63, 3.8) is 0 Å². The lowest BCUT2D eigenvalue weighted by molar-refractivity contribution is -0.114. The Morgan fingerprint density at radius 3 is 2.85 bits per heavy atom. The molecule has 3 N–H and O–H groups in total. The van der Waals surface area contributed by atoms with Gasteiger partial charge in [0.05, 0.1) is 0 Å². The second-order valence-corrected chi connectivity index (χ2v) is 4.02. The van der Waals surface area contributed by atoms with Crippen LogP contribution in [0.1, 0.15) is 5.56 Å². The summed E-state index contributed by atoms with van der Waals surface area (Å²) in [5.74, 6) is 0.288. The average Bonchev–Trinajstić information content (AvgIpc) is 2.93. The number of nitrogens with zero attached hydrogens (tertiary/aromatic N) is 1. The predicted octanol–water partition coefficient (Wildman–Crippen LogP) is 2.15. The lowest BCUT2D eigenvalue weighted by Crippen LogP contribution is -2.12. The molecule has 106 valence electrons. The molecular formula is C13H15ClN4O2. The van der Waals surface area contributed by atoms with Crippen LogP contribution in [0.2, 0.25) is 0 Å². The van der Waals surface area contributed by atoms with E-state index >= 15 is 0 Å². The molecule has 2 rings (SSSR count). The number of anilines is 2. The van der Waals surface area contributed by atoms with E-state index in [4.69, 9.17) is 11.6 Å². The Morgan fingerprint density at radius 2 is 2.30 bits per heavy atom. The van der Waals surface area contributed by atoms with Crippen LogP contribution in [0, 0.1) is 6.92 Å². The van der Waals surface area contributed by atoms with Crippen molar-refractivity contribution in [3.05, 3.63) is 42.2 Å². The number of aromatic amines is 1. The second-order valence-electron chi connectivity index (χ2n) is 3.75. The van der Waals surface area contributed by atoms with Gasteiger partial charge in [-0.3, -0.25) is 14.9 Å². The lowest BCUT2D eigenvalue weighted by Gasteiger charge is -2.02. The maximum absolute atomic E-state index is 10.8. The summed E-state index contributed by atoms with van der Waals surface area (Å²) < 4.78 is 0. The molecular weight excluding hydrogens is 280 g/mol. The zero-order valence-corrected chi connectivity index (χ0v) is 11.6. The molecule has 0 radical (unpaired) electrons. The third-order valence-corrected chi connectivity index (χ3v) is 2.36. The van der Waals surface area contributed by atoms with Crippen molar-refractivity contribution in [2.24, 2.45) is 0 Å². The summed E-state index contributed by atoms with van der Waals surface area (Å²) in [5, 5.41) is 5.00. The summed E-state index contributed by atoms with van der Waals surface area (Å²) in [6.45, 7) is 1.97. The van der Waals surface area contributed by atoms with E-state index in [1.54, 1.807) is 12.4 Å². The molecule has 0 unspecified atom stereocenters. The van der Waals surface area contributed by atoms with E-state index in [2.05, 4.69) is 20.6 Å². The number of H-pyrrole nitrogens is 1. The molecule has 0 atom stereocenters. The first-order valence-corrected chi connectivity index (χ1v) is 6.31. The Kier molecular flexibility index (Phi) is 6.84. The summed E-state index contributed by atoms with van der Waals surface area (Å²) in [7, 11) is 0. The van der Waals surface area contributed by atoms with Crippen LogP contribution in [0.4, 0.5) is 11.6 Å². The van der Waals surface area contributed by atoms with Gasteiger partial charge in [0.2, 0.25) is 18.3 Å². The summed E-state index contributed by atoms with van der Waals surface area (Å²) in [5.41, 5.74) is 1.91. The molecule has 20 heavy (non-hydrogen) atoms. The normalized spacial score (nSPS) is 9.10. The number of hydrogen-bond acceptors (Lipinski definition) is 3. The highest BCUT2D eigenvalue weighted by molar-refractivity contribution is 6.29. The van der Waals surface area contributed by atoms with Crippen LogP contribution in [0.15, 0.2) is 36.7 Å². The lowest BCUT2D eigenvalue weighted by atomic mass is 10.2. The number of amides is 2. The third-order valence-electron chi connectivity index (χ3n) is 2.12. The molecule has 2 aromatic rings. The Labute approximate surface area is 121 Å². The van der Waals surface area contributed by atoms with Gasteiger partial charge in [-0.15, -0.1) is 11.6 Å². The maximum atomic E-state index is 10.8. The van der Waals surface area contributed by atoms with Gasteiger partial charge in [-0.2, -0.15) is 0 Å². The first-order valence-electron chi connectivity index (χ1n) is 5.77. The molecule has 0 fully saturated rings. The topological polar surface area (TPSA) is 86.9 Å². The largest absolute Gasteiger partial charge is 0.331 e. The monoisotopic (exact) mass is 294 g/mol. The number of carbonyl (C=O) groups excluding carboxylic acids is 2. The highest BCUT2D eigenvalue weighted by atomic mass is 35.5. The van der Waals surface area contributed by atoms with E-state index in [9.17, 15) is 9.59 Å². The van der Waals surface area contributed by atoms with Gasteiger partial charge in [0.1, 0.15) is 5.88 Å². The number of aryl methyl sites for hydroxylation is 1. The maximum Gasteiger partial charge on any atom is 0.239 e. The van der Waals surface area contributed by atoms with Crippen molar-refractivity contribution >= 4 is 35.6 Å². The van der Waals surface area contributed by atoms with Crippen LogP contribution in [0.25, 0.3) is 0 Å². The zero-order chi connectivity index (χ0) is 14.8. The van der Waals surface area contributed by atoms with Crippen molar-refractivity contribution in [2.45, 2.75) is 6.92 Å². The van der Waals surface area contributed by atoms with Gasteiger partial charge in [-0.1, -0.05) is 12.1 Å². The first kappa shape index (κ1) is 15.7. The fourth-order valence-electron chi connectivity index (χ4n) is 1.32. The predicted molar refractivity (Wildman–Crippen MR) is 78.8 cm³/mol. The van der Waals surface area contributed by atoms with Gasteiger partial charge >= 0.3 is 0 Å². The summed E-state index contributed by atoms with van der Waals surface area (Å²) in [6, 6.07) is 7.58. The van der Waals surface area contributed by atoms with Gasteiger partial charge < -0.3 is 10.3 Å². The van der Waals surface area contributed by atoms with Crippen molar-refractivity contribution < 1.29 is 9.59 Å². The fourth-order valence-corrected chi connectivity index (χ4v) is 1.38. The number of carbonyl (C=O) groups is 2. The Bertz CT molecular complexity index is 543. The number of imidazole rings is 1. The van der Waals surface area contributed by atoms with Gasteiger partial charge in [0.15, 0.2) is 0 Å². The number of rotatable bonds is 4. The van der Waals surface area contributed by atoms with Crippen LogP contribution in [-0.4, -0.2) is 28.2 Å². The van der Waals surface area contributed by atoms with E-state index in [1.165, 1.54) is 0 Å². The molecule has 0 aliphatic heterocycles. The van der Waals surface area contributed by atoms with Crippen molar-refractivity contribution in [2.75, 3.05) is 16.5 Å². The average molecular weight is 295 g/mol. The Hall–Kier alpha value is -2.34. The van der Waals surface area contributed by atoms with Crippen LogP contribution >= 0.6 is 11.6 Å². The summed E-state index contributed by atoms with van der Waals surface area (Å²) in [4.78, 5) is 26.9. The zero-order valence-electron chi connectivity index (χ0n) is 10.9. The van der Waals surface area contributed by atoms with E-state index in [1.807, 2.05) is 31.2 Å². The van der Waals surface area contributed by atoms with E-state index in [-0.39, 0.29) is 11.8 Å². The smallest absolute Gasteiger partial charge is 0.239 e. The SMILES string of the molecule is Cc1cccc(NC(=O)CCl)c1.O=CNc1ncc[nH]1. The van der Waals surface area contributed by atoms with Gasteiger partial charge in [-0.25, -0.2) is 4.98 Å². The quantitative estimate of drug-likeness (QED) is 0.596. The Morgan fingerprint density at radius 1 is 1.50 bits per heavy atom. The van der Waals surface area contributed by atoms with E-state index in [0.29, 0.717) is 12.4 Å². The molecule has 7 heteroatoms. The molecule has 0 aliphatic rings. The molecule has 2 amide bonds. The minimum atomic E-state index is -0.178. The molecule has 0 bridgehead atoms. The highest BCUT2D eigenvalue weighted by Gasteiger charge is 1.98. The number of benzene rings is 1. The van der Waals surface area contributed by atoms with E-state index < -0.39 is 0 Å². The molecule has 0 spiro atoms. The minimum absolute atomic E-state index is 0.00601. The molecule has 6 nitrogen and oxygen atoms in total. The summed E-state index contributed by atoms with van der Waals surface area (Å²) >= 11 is 5.33. The van der Waals surface area contributed by atoms with Gasteiger partial charge in [0, 0.05) is 18.1 Å². The number of alkyl halides is 1. The van der Waals surface area contributed by atoms with Crippen LogP contribution < -0.4 is 10.6 Å². The van der Waals surface area contributed by atoms with Crippen LogP contribution in [0.3, 0.4) is 0 Å². The van der Waals surface area contributed by atoms with Crippen LogP contribution in [0.5, 0.6) is 0 Å². The Balaban J connectivity index is 0.000000217. The van der Waals surface area contributed by atoms with Gasteiger partial charge in [-0.05, 0) is 24.6 Å². The number of aromatic nitrogens is 2. The third kappa shape index (κ3) is 6.01.